The molecule has 0 saturated carbocycles. The highest BCUT2D eigenvalue weighted by atomic mass is 19.1. The van der Waals surface area contributed by atoms with E-state index in [1.54, 1.807) is 6.20 Å². The summed E-state index contributed by atoms with van der Waals surface area (Å²) in [6.07, 6.45) is 9.78. The minimum Gasteiger partial charge on any atom is -0.474 e. The molecule has 1 heterocycles. The van der Waals surface area contributed by atoms with Crippen molar-refractivity contribution in [2.45, 2.75) is 72.6 Å². The van der Waals surface area contributed by atoms with Crippen molar-refractivity contribution in [3.63, 3.8) is 0 Å². The van der Waals surface area contributed by atoms with Crippen LogP contribution < -0.4 is 15.4 Å². The van der Waals surface area contributed by atoms with Gasteiger partial charge in [0.05, 0.1) is 6.04 Å². The number of rotatable bonds is 14. The molecule has 0 aliphatic carbocycles. The summed E-state index contributed by atoms with van der Waals surface area (Å²) < 4.78 is 19.2. The molecular weight excluding hydrogens is 405 g/mol. The first kappa shape index (κ1) is 27.6. The first-order valence-electron chi connectivity index (χ1n) is 11.3. The van der Waals surface area contributed by atoms with Gasteiger partial charge in [0.2, 0.25) is 5.88 Å². The number of hydrogen-bond acceptors (Lipinski definition) is 5. The van der Waals surface area contributed by atoms with E-state index >= 15 is 0 Å². The number of carbonyl (C=O) groups is 1. The number of halogens is 1. The topological polar surface area (TPSA) is 63.2 Å². The van der Waals surface area contributed by atoms with Gasteiger partial charge in [-0.05, 0) is 51.4 Å². The third-order valence-electron chi connectivity index (χ3n) is 4.80. The number of unbranched alkanes of at least 4 members (excludes halogenated alkanes) is 1. The molecular formula is C26H40FN3O2. The maximum absolute atomic E-state index is 13.7. The van der Waals surface area contributed by atoms with Crippen LogP contribution in [0.3, 0.4) is 0 Å². The molecule has 5 nitrogen and oxygen atoms in total. The van der Waals surface area contributed by atoms with Crippen LogP contribution in [0.2, 0.25) is 0 Å². The van der Waals surface area contributed by atoms with Gasteiger partial charge in [0.15, 0.2) is 5.78 Å². The van der Waals surface area contributed by atoms with E-state index in [-0.39, 0.29) is 24.3 Å². The number of hydrogen-bond donors (Lipinski definition) is 2. The lowest BCUT2D eigenvalue weighted by molar-refractivity contribution is -0.118. The van der Waals surface area contributed by atoms with Crippen LogP contribution in [0.5, 0.6) is 5.88 Å². The van der Waals surface area contributed by atoms with E-state index in [1.807, 2.05) is 40.1 Å². The molecule has 0 amide bonds. The zero-order valence-corrected chi connectivity index (χ0v) is 20.7. The quantitative estimate of drug-likeness (QED) is 0.234. The van der Waals surface area contributed by atoms with Crippen LogP contribution in [0.1, 0.15) is 58.6 Å². The highest BCUT2D eigenvalue weighted by Gasteiger charge is 2.20. The Morgan fingerprint density at radius 2 is 2.06 bits per heavy atom. The smallest absolute Gasteiger partial charge is 0.216 e. The summed E-state index contributed by atoms with van der Waals surface area (Å²) in [5, 5.41) is 6.55. The van der Waals surface area contributed by atoms with E-state index in [0.717, 1.165) is 29.5 Å². The maximum atomic E-state index is 13.7. The number of carbonyl (C=O) groups excluding carboxylic acids is 1. The Morgan fingerprint density at radius 3 is 2.59 bits per heavy atom. The van der Waals surface area contributed by atoms with Crippen LogP contribution in [-0.4, -0.2) is 36.1 Å². The summed E-state index contributed by atoms with van der Waals surface area (Å²) in [6, 6.07) is 1.84. The van der Waals surface area contributed by atoms with Gasteiger partial charge < -0.3 is 15.4 Å². The summed E-state index contributed by atoms with van der Waals surface area (Å²) in [5.41, 5.74) is 1.69. The maximum Gasteiger partial charge on any atom is 0.216 e. The highest BCUT2D eigenvalue weighted by Crippen LogP contribution is 2.20. The van der Waals surface area contributed by atoms with Gasteiger partial charge >= 0.3 is 0 Å². The molecule has 6 heteroatoms. The molecule has 0 saturated heterocycles. The number of likely N-dealkylation sites (N-methyl/N-ethyl adjacent to an activating group) is 1. The second-order valence-corrected chi connectivity index (χ2v) is 8.93. The first-order valence-corrected chi connectivity index (χ1v) is 11.3. The number of allylic oxidation sites excluding steroid dienone is 1. The number of Topliss-reactive ketones (excluding diaryl/α,β-unsaturated/α-hetero) is 1. The molecule has 1 aromatic rings. The fraction of sp³-hybridized carbons (Fsp3) is 0.538. The summed E-state index contributed by atoms with van der Waals surface area (Å²) in [5.74, 6) is 0.330. The van der Waals surface area contributed by atoms with E-state index in [1.165, 1.54) is 13.8 Å². The van der Waals surface area contributed by atoms with Crippen LogP contribution in [-0.2, 0) is 11.3 Å². The van der Waals surface area contributed by atoms with Crippen LogP contribution in [0.25, 0.3) is 0 Å². The fourth-order valence-corrected chi connectivity index (χ4v) is 3.00. The fourth-order valence-electron chi connectivity index (χ4n) is 3.00. The lowest BCUT2D eigenvalue weighted by Gasteiger charge is -2.20. The SMILES string of the molecule is C=C(C(=O)C(C)C)/C(=C/NCc1cnc(OCC(C)(C)F)c(C)c1)C(/C=C\CCC)NC. The van der Waals surface area contributed by atoms with Crippen molar-refractivity contribution in [3.8, 4) is 5.88 Å². The summed E-state index contributed by atoms with van der Waals surface area (Å²) >= 11 is 0. The van der Waals surface area contributed by atoms with Crippen LogP contribution in [0, 0.1) is 12.8 Å². The Hall–Kier alpha value is -2.47. The Labute approximate surface area is 193 Å². The molecule has 32 heavy (non-hydrogen) atoms. The van der Waals surface area contributed by atoms with Gasteiger partial charge in [-0.25, -0.2) is 9.37 Å². The van der Waals surface area contributed by atoms with Gasteiger partial charge in [-0.1, -0.05) is 45.9 Å². The second kappa shape index (κ2) is 13.2. The van der Waals surface area contributed by atoms with Crippen LogP contribution in [0.4, 0.5) is 4.39 Å². The summed E-state index contributed by atoms with van der Waals surface area (Å²) in [7, 11) is 1.87. The molecule has 0 aliphatic rings. The van der Waals surface area contributed by atoms with Gasteiger partial charge in [0.25, 0.3) is 0 Å². The van der Waals surface area contributed by atoms with Crippen molar-refractivity contribution in [1.82, 2.24) is 15.6 Å². The monoisotopic (exact) mass is 445 g/mol. The van der Waals surface area contributed by atoms with Crippen molar-refractivity contribution in [2.24, 2.45) is 5.92 Å². The van der Waals surface area contributed by atoms with Gasteiger partial charge in [-0.15, -0.1) is 0 Å². The average molecular weight is 446 g/mol. The van der Waals surface area contributed by atoms with Gasteiger partial charge in [0, 0.05) is 36.0 Å². The zero-order chi connectivity index (χ0) is 24.3. The Balaban J connectivity index is 2.99. The van der Waals surface area contributed by atoms with E-state index in [2.05, 4.69) is 41.3 Å². The Kier molecular flexibility index (Phi) is 11.3. The zero-order valence-electron chi connectivity index (χ0n) is 20.7. The van der Waals surface area contributed by atoms with Crippen LogP contribution >= 0.6 is 0 Å². The molecule has 1 aromatic heterocycles. The Morgan fingerprint density at radius 1 is 1.38 bits per heavy atom. The minimum absolute atomic E-state index is 0.0250. The van der Waals surface area contributed by atoms with E-state index in [0.29, 0.717) is 18.0 Å². The molecule has 0 bridgehead atoms. The van der Waals surface area contributed by atoms with Crippen molar-refractivity contribution in [1.29, 1.82) is 0 Å². The van der Waals surface area contributed by atoms with Gasteiger partial charge in [0.1, 0.15) is 12.3 Å². The van der Waals surface area contributed by atoms with Gasteiger partial charge in [-0.2, -0.15) is 0 Å². The lowest BCUT2D eigenvalue weighted by Crippen LogP contribution is -2.30. The first-order chi connectivity index (χ1) is 15.0. The standard InChI is InChI=1S/C26H40FN3O2/c1-9-10-11-12-23(28-8)22(20(5)24(31)18(2)3)16-29-14-21-13-19(4)25(30-15-21)32-17-26(6,7)27/h11-13,15-16,18,23,28-29H,5,9-10,14,17H2,1-4,6-8H3/b12-11-,22-16-. The molecule has 0 aromatic carbocycles. The summed E-state index contributed by atoms with van der Waals surface area (Å²) in [6.45, 7) is 15.3. The van der Waals surface area contributed by atoms with Crippen molar-refractivity contribution < 1.29 is 13.9 Å². The van der Waals surface area contributed by atoms with E-state index in [9.17, 15) is 9.18 Å². The molecule has 2 N–H and O–H groups in total. The van der Waals surface area contributed by atoms with Gasteiger partial charge in [-0.3, -0.25) is 4.79 Å². The molecule has 1 unspecified atom stereocenters. The molecule has 1 rings (SSSR count). The largest absolute Gasteiger partial charge is 0.474 e. The third-order valence-corrected chi connectivity index (χ3v) is 4.80. The van der Waals surface area contributed by atoms with E-state index in [4.69, 9.17) is 4.74 Å². The third kappa shape index (κ3) is 9.35. The van der Waals surface area contributed by atoms with E-state index < -0.39 is 5.67 Å². The predicted molar refractivity (Wildman–Crippen MR) is 130 cm³/mol. The van der Waals surface area contributed by atoms with Crippen molar-refractivity contribution in [2.75, 3.05) is 13.7 Å². The van der Waals surface area contributed by atoms with Crippen LogP contribution in [0.15, 0.2) is 48.3 Å². The summed E-state index contributed by atoms with van der Waals surface area (Å²) in [4.78, 5) is 16.9. The van der Waals surface area contributed by atoms with Crippen molar-refractivity contribution >= 4 is 5.78 Å². The Bertz CT molecular complexity index is 823. The number of ether oxygens (including phenoxy) is 1. The number of alkyl halides is 1. The number of nitrogens with one attached hydrogen (secondary N) is 2. The molecule has 1 atom stereocenters. The number of pyridine rings is 1. The number of aromatic nitrogens is 1. The normalized spacial score (nSPS) is 13.5. The molecule has 0 spiro atoms. The minimum atomic E-state index is -1.42. The second-order valence-electron chi connectivity index (χ2n) is 8.93. The molecule has 0 fully saturated rings. The number of nitrogens with zero attached hydrogens (tertiary/aromatic N) is 1. The average Bonchev–Trinajstić information content (AvgIpc) is 2.72. The predicted octanol–water partition coefficient (Wildman–Crippen LogP) is 5.22. The molecule has 178 valence electrons. The molecule has 0 radical (unpaired) electrons. The number of ketones is 1. The lowest BCUT2D eigenvalue weighted by atomic mass is 9.91. The highest BCUT2D eigenvalue weighted by molar-refractivity contribution is 6.00. The number of aryl methyl sites for hydroxylation is 1. The molecule has 0 aliphatic heterocycles. The van der Waals surface area contributed by atoms with Crippen molar-refractivity contribution in [3.05, 3.63) is 59.5 Å².